The molecule has 53 valence electrons. The summed E-state index contributed by atoms with van der Waals surface area (Å²) in [4.78, 5) is 0. The summed E-state index contributed by atoms with van der Waals surface area (Å²) in [6.45, 7) is -0.361. The number of hydrogen-bond acceptors (Lipinski definition) is 0. The SMILES string of the molecule is [O]Cc1ccc(F)c(Cl)c1. The predicted molar refractivity (Wildman–Crippen MR) is 35.8 cm³/mol. The van der Waals surface area contributed by atoms with E-state index in [0.29, 0.717) is 5.56 Å². The molecule has 0 aliphatic heterocycles. The molecule has 0 fully saturated rings. The van der Waals surface area contributed by atoms with Crippen molar-refractivity contribution < 1.29 is 9.50 Å². The van der Waals surface area contributed by atoms with E-state index in [1.807, 2.05) is 0 Å². The Balaban J connectivity index is 3.04. The van der Waals surface area contributed by atoms with Gasteiger partial charge in [0.25, 0.3) is 0 Å². The molecule has 0 atom stereocenters. The van der Waals surface area contributed by atoms with Crippen LogP contribution in [0.2, 0.25) is 5.02 Å². The van der Waals surface area contributed by atoms with Crippen LogP contribution in [0.3, 0.4) is 0 Å². The van der Waals surface area contributed by atoms with Gasteiger partial charge >= 0.3 is 0 Å². The van der Waals surface area contributed by atoms with Gasteiger partial charge in [0.05, 0.1) is 5.02 Å². The van der Waals surface area contributed by atoms with Gasteiger partial charge in [-0.05, 0) is 17.7 Å². The minimum Gasteiger partial charge on any atom is -0.232 e. The van der Waals surface area contributed by atoms with Crippen LogP contribution < -0.4 is 0 Å². The summed E-state index contributed by atoms with van der Waals surface area (Å²) in [5, 5.41) is 10.2. The topological polar surface area (TPSA) is 19.9 Å². The fraction of sp³-hybridized carbons (Fsp3) is 0.143. The van der Waals surface area contributed by atoms with Crippen LogP contribution in [0, 0.1) is 5.82 Å². The van der Waals surface area contributed by atoms with E-state index in [-0.39, 0.29) is 11.6 Å². The van der Waals surface area contributed by atoms with Gasteiger partial charge < -0.3 is 0 Å². The highest BCUT2D eigenvalue weighted by atomic mass is 35.5. The van der Waals surface area contributed by atoms with Gasteiger partial charge in [-0.2, -0.15) is 0 Å². The molecule has 0 saturated heterocycles. The lowest BCUT2D eigenvalue weighted by molar-refractivity contribution is 0.177. The second kappa shape index (κ2) is 2.99. The first-order valence-corrected chi connectivity index (χ1v) is 3.14. The molecule has 0 amide bonds. The maximum atomic E-state index is 12.4. The highest BCUT2D eigenvalue weighted by molar-refractivity contribution is 6.30. The first-order valence-electron chi connectivity index (χ1n) is 2.76. The molecule has 3 heteroatoms. The first kappa shape index (κ1) is 7.51. The smallest absolute Gasteiger partial charge is 0.141 e. The summed E-state index contributed by atoms with van der Waals surface area (Å²) in [5.74, 6) is -0.487. The fourth-order valence-corrected chi connectivity index (χ4v) is 0.833. The van der Waals surface area contributed by atoms with E-state index in [9.17, 15) is 9.50 Å². The molecule has 0 aliphatic rings. The van der Waals surface area contributed by atoms with Gasteiger partial charge in [-0.25, -0.2) is 9.50 Å². The molecule has 10 heavy (non-hydrogen) atoms. The molecule has 0 bridgehead atoms. The molecule has 0 saturated carbocycles. The van der Waals surface area contributed by atoms with Gasteiger partial charge in [0, 0.05) is 0 Å². The molecule has 0 heterocycles. The third kappa shape index (κ3) is 1.46. The average Bonchev–Trinajstić information content (AvgIpc) is 1.95. The minimum atomic E-state index is -0.487. The van der Waals surface area contributed by atoms with Crippen molar-refractivity contribution in [3.8, 4) is 0 Å². The zero-order valence-corrected chi connectivity index (χ0v) is 5.86. The largest absolute Gasteiger partial charge is 0.232 e. The normalized spacial score (nSPS) is 9.90. The Kier molecular flexibility index (Phi) is 2.25. The van der Waals surface area contributed by atoms with Crippen molar-refractivity contribution in [3.63, 3.8) is 0 Å². The van der Waals surface area contributed by atoms with Gasteiger partial charge in [-0.15, -0.1) is 0 Å². The molecule has 1 nitrogen and oxygen atoms in total. The third-order valence-electron chi connectivity index (χ3n) is 1.15. The molecular formula is C7H5ClFO. The molecule has 1 rings (SSSR count). The van der Waals surface area contributed by atoms with Gasteiger partial charge in [0.15, 0.2) is 0 Å². The second-order valence-corrected chi connectivity index (χ2v) is 2.30. The standard InChI is InChI=1S/C7H5ClFO/c8-6-3-5(4-10)1-2-7(6)9/h1-3H,4H2. The van der Waals surface area contributed by atoms with Crippen molar-refractivity contribution in [2.75, 3.05) is 0 Å². The highest BCUT2D eigenvalue weighted by Gasteiger charge is 1.98. The van der Waals surface area contributed by atoms with Gasteiger partial charge in [-0.3, -0.25) is 0 Å². The number of rotatable bonds is 1. The van der Waals surface area contributed by atoms with Crippen LogP contribution in [0.15, 0.2) is 18.2 Å². The Bertz CT molecular complexity index is 237. The van der Waals surface area contributed by atoms with E-state index >= 15 is 0 Å². The summed E-state index contributed by atoms with van der Waals surface area (Å²) < 4.78 is 12.4. The molecule has 0 spiro atoms. The Hall–Kier alpha value is -0.600. The molecule has 1 aromatic carbocycles. The van der Waals surface area contributed by atoms with Crippen molar-refractivity contribution in [1.82, 2.24) is 0 Å². The zero-order chi connectivity index (χ0) is 7.56. The van der Waals surface area contributed by atoms with Crippen molar-refractivity contribution in [3.05, 3.63) is 34.6 Å². The Morgan fingerprint density at radius 1 is 1.50 bits per heavy atom. The summed E-state index contributed by atoms with van der Waals surface area (Å²) in [6, 6.07) is 3.95. The van der Waals surface area contributed by atoms with E-state index in [1.54, 1.807) is 0 Å². The maximum Gasteiger partial charge on any atom is 0.141 e. The van der Waals surface area contributed by atoms with E-state index in [2.05, 4.69) is 0 Å². The molecule has 0 aromatic heterocycles. The van der Waals surface area contributed by atoms with Crippen LogP contribution >= 0.6 is 11.6 Å². The molecule has 0 N–H and O–H groups in total. The first-order chi connectivity index (χ1) is 4.74. The quantitative estimate of drug-likeness (QED) is 0.600. The van der Waals surface area contributed by atoms with Gasteiger partial charge in [0.2, 0.25) is 0 Å². The molecule has 1 radical (unpaired) electrons. The van der Waals surface area contributed by atoms with Crippen molar-refractivity contribution in [2.45, 2.75) is 6.61 Å². The summed E-state index contributed by atoms with van der Waals surface area (Å²) in [5.41, 5.74) is 0.506. The van der Waals surface area contributed by atoms with Crippen LogP contribution in [-0.2, 0) is 11.7 Å². The lowest BCUT2D eigenvalue weighted by Crippen LogP contribution is -1.82. The third-order valence-corrected chi connectivity index (χ3v) is 1.44. The van der Waals surface area contributed by atoms with Crippen LogP contribution in [0.4, 0.5) is 4.39 Å². The number of halogens is 2. The Labute approximate surface area is 63.1 Å². The summed E-state index contributed by atoms with van der Waals surface area (Å²) in [7, 11) is 0. The summed E-state index contributed by atoms with van der Waals surface area (Å²) in [6.07, 6.45) is 0. The maximum absolute atomic E-state index is 12.4. The van der Waals surface area contributed by atoms with Crippen LogP contribution in [-0.4, -0.2) is 0 Å². The minimum absolute atomic E-state index is 0.00773. The van der Waals surface area contributed by atoms with Gasteiger partial charge in [-0.1, -0.05) is 17.7 Å². The molecular weight excluding hydrogens is 155 g/mol. The van der Waals surface area contributed by atoms with Crippen LogP contribution in [0.25, 0.3) is 0 Å². The number of hydrogen-bond donors (Lipinski definition) is 0. The highest BCUT2D eigenvalue weighted by Crippen LogP contribution is 2.15. The number of benzene rings is 1. The van der Waals surface area contributed by atoms with E-state index in [0.717, 1.165) is 0 Å². The zero-order valence-electron chi connectivity index (χ0n) is 5.10. The van der Waals surface area contributed by atoms with Gasteiger partial charge in [0.1, 0.15) is 12.4 Å². The summed E-state index contributed by atoms with van der Waals surface area (Å²) >= 11 is 5.38. The predicted octanol–water partition coefficient (Wildman–Crippen LogP) is 2.41. The average molecular weight is 160 g/mol. The van der Waals surface area contributed by atoms with Crippen molar-refractivity contribution in [1.29, 1.82) is 0 Å². The van der Waals surface area contributed by atoms with E-state index in [1.165, 1.54) is 18.2 Å². The molecule has 0 unspecified atom stereocenters. The van der Waals surface area contributed by atoms with Crippen molar-refractivity contribution in [2.24, 2.45) is 0 Å². The molecule has 1 aromatic rings. The monoisotopic (exact) mass is 159 g/mol. The Morgan fingerprint density at radius 3 is 2.70 bits per heavy atom. The Morgan fingerprint density at radius 2 is 2.20 bits per heavy atom. The van der Waals surface area contributed by atoms with Crippen molar-refractivity contribution >= 4 is 11.6 Å². The van der Waals surface area contributed by atoms with Crippen LogP contribution in [0.1, 0.15) is 5.56 Å². The lowest BCUT2D eigenvalue weighted by atomic mass is 10.2. The van der Waals surface area contributed by atoms with Crippen LogP contribution in [0.5, 0.6) is 0 Å². The second-order valence-electron chi connectivity index (χ2n) is 1.89. The lowest BCUT2D eigenvalue weighted by Gasteiger charge is -1.95. The fourth-order valence-electron chi connectivity index (χ4n) is 0.629. The molecule has 0 aliphatic carbocycles. The van der Waals surface area contributed by atoms with E-state index in [4.69, 9.17) is 11.6 Å². The van der Waals surface area contributed by atoms with E-state index < -0.39 is 5.82 Å².